The van der Waals surface area contributed by atoms with Gasteiger partial charge in [-0.2, -0.15) is 0 Å². The Morgan fingerprint density at radius 1 is 0.447 bits per heavy atom. The van der Waals surface area contributed by atoms with Crippen molar-refractivity contribution in [2.45, 2.75) is 0 Å². The third kappa shape index (κ3) is 3.59. The van der Waals surface area contributed by atoms with Crippen molar-refractivity contribution in [3.63, 3.8) is 0 Å². The van der Waals surface area contributed by atoms with Crippen LogP contribution in [0.4, 0.5) is 0 Å². The fourth-order valence-corrected chi connectivity index (χ4v) is 4.88. The molecule has 38 heavy (non-hydrogen) atoms. The molecule has 2 heterocycles. The molecule has 0 atom stereocenters. The van der Waals surface area contributed by atoms with E-state index in [1.54, 1.807) is 24.3 Å². The lowest BCUT2D eigenvalue weighted by atomic mass is 10.0. The minimum absolute atomic E-state index is 0.177. The second-order valence-electron chi connectivity index (χ2n) is 9.04. The maximum Gasteiger partial charge on any atom is 0.201 e. The van der Waals surface area contributed by atoms with Crippen molar-refractivity contribution in [1.29, 1.82) is 0 Å². The van der Waals surface area contributed by atoms with Gasteiger partial charge in [0.1, 0.15) is 23.0 Å². The molecule has 2 N–H and O–H groups in total. The quantitative estimate of drug-likeness (QED) is 0.251. The third-order valence-electron chi connectivity index (χ3n) is 6.63. The standard InChI is InChI=1S/C32H20N2O4/c35-31-21-17-26-22(32(36)30-24(34-26)14-8-16-28(30)38-20-11-5-2-6-12-20)18-25(21)33-23-13-7-15-27(29(23)31)37-19-9-3-1-4-10-19/h1-18H,(H,33,35)(H,34,36). The number of H-pyrrole nitrogens is 2. The van der Waals surface area contributed by atoms with Gasteiger partial charge in [-0.1, -0.05) is 48.5 Å². The first-order valence-electron chi connectivity index (χ1n) is 12.2. The van der Waals surface area contributed by atoms with Crippen LogP contribution in [-0.2, 0) is 0 Å². The summed E-state index contributed by atoms with van der Waals surface area (Å²) in [6.45, 7) is 0. The Morgan fingerprint density at radius 2 is 0.868 bits per heavy atom. The summed E-state index contributed by atoms with van der Waals surface area (Å²) in [5.74, 6) is 2.21. The van der Waals surface area contributed by atoms with Crippen LogP contribution in [0.1, 0.15) is 0 Å². The number of hydrogen-bond acceptors (Lipinski definition) is 4. The molecular formula is C32H20N2O4. The van der Waals surface area contributed by atoms with Crippen LogP contribution < -0.4 is 20.3 Å². The van der Waals surface area contributed by atoms with Gasteiger partial charge in [0, 0.05) is 10.8 Å². The number of pyridine rings is 2. The van der Waals surface area contributed by atoms with Crippen LogP contribution in [0.15, 0.2) is 119 Å². The molecule has 0 aliphatic heterocycles. The number of nitrogens with one attached hydrogen (secondary N) is 2. The highest BCUT2D eigenvalue weighted by Crippen LogP contribution is 2.31. The Labute approximate surface area is 215 Å². The van der Waals surface area contributed by atoms with Crippen LogP contribution in [-0.4, -0.2) is 9.97 Å². The first kappa shape index (κ1) is 21.9. The molecule has 0 radical (unpaired) electrons. The molecule has 0 saturated heterocycles. The predicted octanol–water partition coefficient (Wildman–Crippen LogP) is 7.26. The van der Waals surface area contributed by atoms with Gasteiger partial charge in [-0.3, -0.25) is 9.59 Å². The molecule has 182 valence electrons. The number of rotatable bonds is 4. The first-order valence-corrected chi connectivity index (χ1v) is 12.2. The van der Waals surface area contributed by atoms with E-state index >= 15 is 0 Å². The number of para-hydroxylation sites is 2. The van der Waals surface area contributed by atoms with Gasteiger partial charge in [-0.15, -0.1) is 0 Å². The first-order chi connectivity index (χ1) is 18.7. The lowest BCUT2D eigenvalue weighted by molar-refractivity contribution is 0.488. The van der Waals surface area contributed by atoms with Gasteiger partial charge in [0.2, 0.25) is 10.9 Å². The summed E-state index contributed by atoms with van der Waals surface area (Å²) in [6, 6.07) is 33.0. The van der Waals surface area contributed by atoms with Gasteiger partial charge in [0.15, 0.2) is 0 Å². The molecule has 0 aliphatic carbocycles. The number of hydrogen-bond donors (Lipinski definition) is 2. The summed E-state index contributed by atoms with van der Waals surface area (Å²) in [4.78, 5) is 34.1. The van der Waals surface area contributed by atoms with Crippen LogP contribution in [0.2, 0.25) is 0 Å². The van der Waals surface area contributed by atoms with Crippen molar-refractivity contribution in [2.75, 3.05) is 0 Å². The van der Waals surface area contributed by atoms with Crippen LogP contribution in [0.3, 0.4) is 0 Å². The van der Waals surface area contributed by atoms with Crippen molar-refractivity contribution in [2.24, 2.45) is 0 Å². The van der Waals surface area contributed by atoms with E-state index in [4.69, 9.17) is 9.47 Å². The van der Waals surface area contributed by atoms with E-state index in [1.807, 2.05) is 84.9 Å². The van der Waals surface area contributed by atoms with Crippen molar-refractivity contribution in [3.8, 4) is 23.0 Å². The highest BCUT2D eigenvalue weighted by atomic mass is 16.5. The highest BCUT2D eigenvalue weighted by molar-refractivity contribution is 6.04. The van der Waals surface area contributed by atoms with E-state index in [-0.39, 0.29) is 10.9 Å². The van der Waals surface area contributed by atoms with Crippen molar-refractivity contribution in [3.05, 3.63) is 130 Å². The van der Waals surface area contributed by atoms with Gasteiger partial charge in [-0.05, 0) is 60.7 Å². The fraction of sp³-hybridized carbons (Fsp3) is 0. The summed E-state index contributed by atoms with van der Waals surface area (Å²) >= 11 is 0. The predicted molar refractivity (Wildman–Crippen MR) is 151 cm³/mol. The van der Waals surface area contributed by atoms with E-state index in [1.165, 1.54) is 0 Å². The maximum absolute atomic E-state index is 13.7. The number of ether oxygens (including phenoxy) is 2. The molecule has 0 aliphatic rings. The van der Waals surface area contributed by atoms with Crippen LogP contribution in [0, 0.1) is 0 Å². The lowest BCUT2D eigenvalue weighted by Gasteiger charge is -2.12. The van der Waals surface area contributed by atoms with Crippen LogP contribution in [0.25, 0.3) is 43.6 Å². The van der Waals surface area contributed by atoms with Gasteiger partial charge in [0.25, 0.3) is 0 Å². The smallest absolute Gasteiger partial charge is 0.201 e. The zero-order valence-electron chi connectivity index (χ0n) is 20.0. The van der Waals surface area contributed by atoms with E-state index in [0.29, 0.717) is 66.6 Å². The summed E-state index contributed by atoms with van der Waals surface area (Å²) in [7, 11) is 0. The minimum atomic E-state index is -0.177. The van der Waals surface area contributed by atoms with Gasteiger partial charge < -0.3 is 19.4 Å². The normalized spacial score (nSPS) is 11.4. The van der Waals surface area contributed by atoms with Crippen molar-refractivity contribution >= 4 is 43.6 Å². The lowest BCUT2D eigenvalue weighted by Crippen LogP contribution is -2.09. The zero-order valence-corrected chi connectivity index (χ0v) is 20.0. The molecule has 0 spiro atoms. The number of benzene rings is 5. The van der Waals surface area contributed by atoms with Crippen molar-refractivity contribution in [1.82, 2.24) is 9.97 Å². The molecule has 2 aromatic heterocycles. The Morgan fingerprint density at radius 3 is 1.29 bits per heavy atom. The third-order valence-corrected chi connectivity index (χ3v) is 6.63. The van der Waals surface area contributed by atoms with Gasteiger partial charge in [0.05, 0.1) is 32.8 Å². The number of fused-ring (bicyclic) bond motifs is 4. The Balaban J connectivity index is 1.45. The molecule has 0 bridgehead atoms. The van der Waals surface area contributed by atoms with E-state index in [0.717, 1.165) is 0 Å². The minimum Gasteiger partial charge on any atom is -0.457 e. The average Bonchev–Trinajstić information content (AvgIpc) is 2.94. The molecule has 6 heteroatoms. The molecule has 7 aromatic rings. The number of aromatic nitrogens is 2. The fourth-order valence-electron chi connectivity index (χ4n) is 4.88. The zero-order chi connectivity index (χ0) is 25.6. The largest absolute Gasteiger partial charge is 0.457 e. The Kier molecular flexibility index (Phi) is 4.97. The highest BCUT2D eigenvalue weighted by Gasteiger charge is 2.16. The molecule has 0 saturated carbocycles. The summed E-state index contributed by atoms with van der Waals surface area (Å²) < 4.78 is 12.1. The average molecular weight is 497 g/mol. The molecule has 0 unspecified atom stereocenters. The monoisotopic (exact) mass is 496 g/mol. The van der Waals surface area contributed by atoms with Gasteiger partial charge in [-0.25, -0.2) is 0 Å². The second kappa shape index (κ2) is 8.64. The molecular weight excluding hydrogens is 476 g/mol. The van der Waals surface area contributed by atoms with E-state index in [9.17, 15) is 9.59 Å². The van der Waals surface area contributed by atoms with Crippen LogP contribution in [0.5, 0.6) is 23.0 Å². The SMILES string of the molecule is O=c1c2cc3[nH]c4cccc(Oc5ccccc5)c4c(=O)c3cc2[nH]c2cccc(Oc3ccccc3)c12. The molecule has 5 aromatic carbocycles. The van der Waals surface area contributed by atoms with Gasteiger partial charge >= 0.3 is 0 Å². The van der Waals surface area contributed by atoms with Crippen molar-refractivity contribution < 1.29 is 9.47 Å². The Bertz CT molecular complexity index is 1960. The summed E-state index contributed by atoms with van der Waals surface area (Å²) in [5, 5.41) is 1.82. The molecule has 0 amide bonds. The molecule has 6 nitrogen and oxygen atoms in total. The molecule has 0 fully saturated rings. The van der Waals surface area contributed by atoms with E-state index in [2.05, 4.69) is 9.97 Å². The molecule has 7 rings (SSSR count). The second-order valence-corrected chi connectivity index (χ2v) is 9.04. The Hall–Kier alpha value is -5.36. The van der Waals surface area contributed by atoms with Crippen LogP contribution >= 0.6 is 0 Å². The number of aromatic amines is 2. The maximum atomic E-state index is 13.7. The topological polar surface area (TPSA) is 84.2 Å². The summed E-state index contributed by atoms with van der Waals surface area (Å²) in [5.41, 5.74) is 2.03. The van der Waals surface area contributed by atoms with E-state index < -0.39 is 0 Å². The summed E-state index contributed by atoms with van der Waals surface area (Å²) in [6.07, 6.45) is 0.